The summed E-state index contributed by atoms with van der Waals surface area (Å²) in [5.41, 5.74) is 8.17. The maximum Gasteiger partial charge on any atom is 0.254 e. The molecule has 0 radical (unpaired) electrons. The van der Waals surface area contributed by atoms with Gasteiger partial charge in [-0.25, -0.2) is 0 Å². The van der Waals surface area contributed by atoms with Gasteiger partial charge in [-0.15, -0.1) is 0 Å². The summed E-state index contributed by atoms with van der Waals surface area (Å²) in [5.74, 6) is 0.127. The predicted octanol–water partition coefficient (Wildman–Crippen LogP) is 2.59. The minimum atomic E-state index is 0.127. The Bertz CT molecular complexity index is 428. The van der Waals surface area contributed by atoms with Crippen LogP contribution in [0.4, 0.5) is 5.69 Å². The Balaban J connectivity index is 2.26. The number of aryl methyl sites for hydroxylation is 1. The molecule has 2 N–H and O–H groups in total. The number of piperidine rings is 1. The van der Waals surface area contributed by atoms with Crippen molar-refractivity contribution < 1.29 is 4.79 Å². The lowest BCUT2D eigenvalue weighted by molar-refractivity contribution is 0.0635. The van der Waals surface area contributed by atoms with Crippen LogP contribution in [0.1, 0.15) is 42.1 Å². The molecule has 3 heteroatoms. The van der Waals surface area contributed by atoms with E-state index < -0.39 is 0 Å². The molecule has 1 fully saturated rings. The van der Waals surface area contributed by atoms with Crippen molar-refractivity contribution in [3.63, 3.8) is 0 Å². The highest BCUT2D eigenvalue weighted by molar-refractivity contribution is 5.96. The summed E-state index contributed by atoms with van der Waals surface area (Å²) in [6.07, 6.45) is 3.44. The second kappa shape index (κ2) is 4.78. The molecule has 1 aromatic carbocycles. The van der Waals surface area contributed by atoms with Crippen molar-refractivity contribution in [2.75, 3.05) is 12.3 Å². The van der Waals surface area contributed by atoms with Gasteiger partial charge in [-0.1, -0.05) is 6.07 Å². The van der Waals surface area contributed by atoms with Crippen LogP contribution in [-0.4, -0.2) is 23.4 Å². The van der Waals surface area contributed by atoms with Crippen molar-refractivity contribution in [3.8, 4) is 0 Å². The molecule has 1 aliphatic rings. The second-order valence-electron chi connectivity index (χ2n) is 4.92. The van der Waals surface area contributed by atoms with Gasteiger partial charge >= 0.3 is 0 Å². The highest BCUT2D eigenvalue weighted by Gasteiger charge is 2.25. The normalized spacial score (nSPS) is 20.4. The van der Waals surface area contributed by atoms with Gasteiger partial charge in [0.1, 0.15) is 0 Å². The third kappa shape index (κ3) is 2.43. The lowest BCUT2D eigenvalue weighted by atomic mass is 10.0. The Labute approximate surface area is 103 Å². The molecular weight excluding hydrogens is 212 g/mol. The van der Waals surface area contributed by atoms with E-state index in [0.717, 1.165) is 30.5 Å². The Morgan fingerprint density at radius 1 is 1.41 bits per heavy atom. The number of amides is 1. The topological polar surface area (TPSA) is 46.3 Å². The van der Waals surface area contributed by atoms with E-state index >= 15 is 0 Å². The van der Waals surface area contributed by atoms with E-state index in [2.05, 4.69) is 6.92 Å². The summed E-state index contributed by atoms with van der Waals surface area (Å²) in [7, 11) is 0. The Kier molecular flexibility index (Phi) is 3.36. The van der Waals surface area contributed by atoms with Gasteiger partial charge in [-0.05, 0) is 50.8 Å². The quantitative estimate of drug-likeness (QED) is 0.756. The SMILES string of the molecule is Cc1ccc(N)cc1C(=O)N1CCCCC1C. The number of hydrogen-bond donors (Lipinski definition) is 1. The van der Waals surface area contributed by atoms with E-state index in [4.69, 9.17) is 5.73 Å². The van der Waals surface area contributed by atoms with Gasteiger partial charge in [-0.3, -0.25) is 4.79 Å². The molecule has 1 atom stereocenters. The Morgan fingerprint density at radius 2 is 2.18 bits per heavy atom. The average molecular weight is 232 g/mol. The van der Waals surface area contributed by atoms with Gasteiger partial charge in [0.2, 0.25) is 0 Å². The van der Waals surface area contributed by atoms with Gasteiger partial charge < -0.3 is 10.6 Å². The van der Waals surface area contributed by atoms with Crippen LogP contribution in [0.3, 0.4) is 0 Å². The molecule has 0 saturated carbocycles. The number of rotatable bonds is 1. The van der Waals surface area contributed by atoms with Crippen LogP contribution in [0.25, 0.3) is 0 Å². The highest BCUT2D eigenvalue weighted by Crippen LogP contribution is 2.21. The summed E-state index contributed by atoms with van der Waals surface area (Å²) in [4.78, 5) is 14.4. The van der Waals surface area contributed by atoms with Gasteiger partial charge in [0.05, 0.1) is 0 Å². The summed E-state index contributed by atoms with van der Waals surface area (Å²) >= 11 is 0. The van der Waals surface area contributed by atoms with E-state index in [-0.39, 0.29) is 5.91 Å². The smallest absolute Gasteiger partial charge is 0.254 e. The number of hydrogen-bond acceptors (Lipinski definition) is 2. The molecule has 2 rings (SSSR count). The Morgan fingerprint density at radius 3 is 2.88 bits per heavy atom. The van der Waals surface area contributed by atoms with Crippen molar-refractivity contribution in [1.82, 2.24) is 4.90 Å². The fourth-order valence-corrected chi connectivity index (χ4v) is 2.42. The van der Waals surface area contributed by atoms with E-state index in [1.54, 1.807) is 6.07 Å². The first kappa shape index (κ1) is 12.0. The molecule has 1 saturated heterocycles. The number of nitrogens with zero attached hydrogens (tertiary/aromatic N) is 1. The van der Waals surface area contributed by atoms with Crippen LogP contribution >= 0.6 is 0 Å². The van der Waals surface area contributed by atoms with Crippen molar-refractivity contribution >= 4 is 11.6 Å². The Hall–Kier alpha value is -1.51. The minimum absolute atomic E-state index is 0.127. The van der Waals surface area contributed by atoms with E-state index in [1.165, 1.54) is 6.42 Å². The van der Waals surface area contributed by atoms with Gasteiger partial charge in [0.25, 0.3) is 5.91 Å². The molecule has 1 heterocycles. The molecule has 1 amide bonds. The zero-order valence-corrected chi connectivity index (χ0v) is 10.6. The summed E-state index contributed by atoms with van der Waals surface area (Å²) in [5, 5.41) is 0. The number of benzene rings is 1. The third-order valence-electron chi connectivity index (χ3n) is 3.56. The van der Waals surface area contributed by atoms with Gasteiger partial charge in [0.15, 0.2) is 0 Å². The summed E-state index contributed by atoms with van der Waals surface area (Å²) in [6, 6.07) is 5.89. The molecule has 0 aliphatic carbocycles. The van der Waals surface area contributed by atoms with Crippen molar-refractivity contribution in [1.29, 1.82) is 0 Å². The molecule has 1 aromatic rings. The van der Waals surface area contributed by atoms with Crippen molar-refractivity contribution in [2.24, 2.45) is 0 Å². The maximum atomic E-state index is 12.5. The van der Waals surface area contributed by atoms with E-state index in [9.17, 15) is 4.79 Å². The largest absolute Gasteiger partial charge is 0.399 e. The zero-order valence-electron chi connectivity index (χ0n) is 10.6. The number of nitrogen functional groups attached to an aromatic ring is 1. The number of carbonyl (C=O) groups excluding carboxylic acids is 1. The monoisotopic (exact) mass is 232 g/mol. The predicted molar refractivity (Wildman–Crippen MR) is 69.9 cm³/mol. The first-order valence-electron chi connectivity index (χ1n) is 6.26. The zero-order chi connectivity index (χ0) is 12.4. The number of likely N-dealkylation sites (tertiary alicyclic amines) is 1. The fraction of sp³-hybridized carbons (Fsp3) is 0.500. The van der Waals surface area contributed by atoms with Gasteiger partial charge in [-0.2, -0.15) is 0 Å². The maximum absolute atomic E-state index is 12.5. The first-order valence-corrected chi connectivity index (χ1v) is 6.26. The standard InChI is InChI=1S/C14H20N2O/c1-10-6-7-12(15)9-13(10)14(17)16-8-4-3-5-11(16)2/h6-7,9,11H,3-5,8,15H2,1-2H3. The molecule has 92 valence electrons. The van der Waals surface area contributed by atoms with Crippen LogP contribution in [0.5, 0.6) is 0 Å². The van der Waals surface area contributed by atoms with Crippen molar-refractivity contribution in [3.05, 3.63) is 29.3 Å². The number of carbonyl (C=O) groups is 1. The molecular formula is C14H20N2O. The van der Waals surface area contributed by atoms with E-state index in [1.807, 2.05) is 24.0 Å². The molecule has 1 aliphatic heterocycles. The third-order valence-corrected chi connectivity index (χ3v) is 3.56. The molecule has 17 heavy (non-hydrogen) atoms. The lowest BCUT2D eigenvalue weighted by Gasteiger charge is -2.33. The van der Waals surface area contributed by atoms with E-state index in [0.29, 0.717) is 11.7 Å². The minimum Gasteiger partial charge on any atom is -0.399 e. The molecule has 0 aromatic heterocycles. The van der Waals surface area contributed by atoms with Gasteiger partial charge in [0, 0.05) is 23.8 Å². The van der Waals surface area contributed by atoms with Crippen LogP contribution < -0.4 is 5.73 Å². The molecule has 0 bridgehead atoms. The lowest BCUT2D eigenvalue weighted by Crippen LogP contribution is -2.42. The molecule has 0 spiro atoms. The molecule has 3 nitrogen and oxygen atoms in total. The van der Waals surface area contributed by atoms with Crippen molar-refractivity contribution in [2.45, 2.75) is 39.2 Å². The average Bonchev–Trinajstić information content (AvgIpc) is 2.32. The van der Waals surface area contributed by atoms with Crippen LogP contribution in [0.2, 0.25) is 0 Å². The number of anilines is 1. The van der Waals surface area contributed by atoms with Crippen LogP contribution in [0, 0.1) is 6.92 Å². The van der Waals surface area contributed by atoms with Crippen LogP contribution in [0.15, 0.2) is 18.2 Å². The highest BCUT2D eigenvalue weighted by atomic mass is 16.2. The van der Waals surface area contributed by atoms with Crippen LogP contribution in [-0.2, 0) is 0 Å². The second-order valence-corrected chi connectivity index (χ2v) is 4.92. The summed E-state index contributed by atoms with van der Waals surface area (Å²) < 4.78 is 0. The number of nitrogens with two attached hydrogens (primary N) is 1. The first-order chi connectivity index (χ1) is 8.09. The molecule has 1 unspecified atom stereocenters. The summed E-state index contributed by atoms with van der Waals surface area (Å²) in [6.45, 7) is 4.95. The fourth-order valence-electron chi connectivity index (χ4n) is 2.42.